The molecular formula is C14H20BN3O2. The Bertz CT molecular complexity index is 583. The molecule has 4 N–H and O–H groups in total. The number of benzene rings is 1. The van der Waals surface area contributed by atoms with E-state index in [0.717, 1.165) is 11.1 Å². The molecule has 20 heavy (non-hydrogen) atoms. The second-order valence-corrected chi connectivity index (χ2v) is 5.05. The molecule has 0 fully saturated rings. The summed E-state index contributed by atoms with van der Waals surface area (Å²) >= 11 is 0. The first-order valence-corrected chi connectivity index (χ1v) is 6.80. The molecule has 1 aromatic carbocycles. The van der Waals surface area contributed by atoms with Crippen LogP contribution in [0.3, 0.4) is 0 Å². The molecule has 6 heteroatoms. The fourth-order valence-corrected chi connectivity index (χ4v) is 2.34. The lowest BCUT2D eigenvalue weighted by atomic mass is 9.88. The van der Waals surface area contributed by atoms with Crippen LogP contribution < -0.4 is 10.5 Å². The van der Waals surface area contributed by atoms with Gasteiger partial charge in [-0.05, 0) is 24.9 Å². The number of carbonyl (C=O) groups excluding carboxylic acids is 1. The first kappa shape index (κ1) is 14.6. The van der Waals surface area contributed by atoms with Crippen LogP contribution in [0, 0.1) is 0 Å². The van der Waals surface area contributed by atoms with Gasteiger partial charge in [-0.15, -0.1) is 0 Å². The van der Waals surface area contributed by atoms with Crippen molar-refractivity contribution in [1.82, 2.24) is 15.5 Å². The Kier molecular flexibility index (Phi) is 4.81. The number of amides is 1. The van der Waals surface area contributed by atoms with E-state index in [1.54, 1.807) is 6.82 Å². The lowest BCUT2D eigenvalue weighted by Gasteiger charge is -2.18. The summed E-state index contributed by atoms with van der Waals surface area (Å²) in [4.78, 5) is 14.5. The van der Waals surface area contributed by atoms with E-state index in [2.05, 4.69) is 21.6 Å². The number of hydrogen-bond acceptors (Lipinski definition) is 3. The first-order valence-electron chi connectivity index (χ1n) is 6.80. The van der Waals surface area contributed by atoms with Crippen LogP contribution in [0.5, 0.6) is 0 Å². The molecule has 1 atom stereocenters. The molecule has 0 aliphatic heterocycles. The standard InChI is InChI=1S/C14H20BN3O2/c1-10(19)18-12(9-17-15(2)20)7-11-8-16-14-6-4-3-5-13(11)14/h3-6,8,12,16-17,20H,7,9H2,1-2H3,(H,18,19). The van der Waals surface area contributed by atoms with Gasteiger partial charge in [-0.25, -0.2) is 0 Å². The molecule has 0 bridgehead atoms. The van der Waals surface area contributed by atoms with Crippen molar-refractivity contribution < 1.29 is 9.82 Å². The Morgan fingerprint density at radius 3 is 2.90 bits per heavy atom. The summed E-state index contributed by atoms with van der Waals surface area (Å²) in [6.45, 7) is 3.69. The zero-order chi connectivity index (χ0) is 14.5. The number of rotatable bonds is 6. The second-order valence-electron chi connectivity index (χ2n) is 5.05. The number of para-hydroxylation sites is 1. The third-order valence-electron chi connectivity index (χ3n) is 3.21. The molecule has 0 aliphatic rings. The lowest BCUT2D eigenvalue weighted by Crippen LogP contribution is -2.46. The third-order valence-corrected chi connectivity index (χ3v) is 3.21. The first-order chi connectivity index (χ1) is 9.56. The van der Waals surface area contributed by atoms with Crippen molar-refractivity contribution in [3.8, 4) is 0 Å². The maximum atomic E-state index is 11.3. The Labute approximate surface area is 118 Å². The van der Waals surface area contributed by atoms with E-state index in [4.69, 9.17) is 0 Å². The fraction of sp³-hybridized carbons (Fsp3) is 0.357. The van der Waals surface area contributed by atoms with Crippen LogP contribution in [0.15, 0.2) is 30.5 Å². The molecule has 1 aromatic heterocycles. The molecule has 0 saturated heterocycles. The zero-order valence-electron chi connectivity index (χ0n) is 11.8. The van der Waals surface area contributed by atoms with Crippen LogP contribution >= 0.6 is 0 Å². The van der Waals surface area contributed by atoms with Crippen LogP contribution in [-0.4, -0.2) is 35.6 Å². The van der Waals surface area contributed by atoms with Gasteiger partial charge in [0.15, 0.2) is 0 Å². The van der Waals surface area contributed by atoms with E-state index in [9.17, 15) is 9.82 Å². The van der Waals surface area contributed by atoms with Gasteiger partial charge in [-0.2, -0.15) is 0 Å². The molecule has 5 nitrogen and oxygen atoms in total. The van der Waals surface area contributed by atoms with Gasteiger partial charge in [0.2, 0.25) is 5.91 Å². The summed E-state index contributed by atoms with van der Waals surface area (Å²) in [5.41, 5.74) is 2.25. The number of carbonyl (C=O) groups is 1. The zero-order valence-corrected chi connectivity index (χ0v) is 11.8. The van der Waals surface area contributed by atoms with Crippen LogP contribution in [0.2, 0.25) is 6.82 Å². The molecule has 1 heterocycles. The van der Waals surface area contributed by atoms with Crippen molar-refractivity contribution >= 4 is 23.9 Å². The summed E-state index contributed by atoms with van der Waals surface area (Å²) in [5.74, 6) is -0.0674. The van der Waals surface area contributed by atoms with E-state index in [1.165, 1.54) is 12.3 Å². The number of hydrogen-bond donors (Lipinski definition) is 4. The Balaban J connectivity index is 2.11. The van der Waals surface area contributed by atoms with Gasteiger partial charge in [0, 0.05) is 36.6 Å². The largest absolute Gasteiger partial charge is 0.437 e. The van der Waals surface area contributed by atoms with Crippen LogP contribution in [-0.2, 0) is 11.2 Å². The van der Waals surface area contributed by atoms with E-state index >= 15 is 0 Å². The number of H-pyrrole nitrogens is 1. The van der Waals surface area contributed by atoms with E-state index in [1.807, 2.05) is 24.4 Å². The predicted octanol–water partition coefficient (Wildman–Crippen LogP) is 0.915. The normalized spacial score (nSPS) is 12.3. The number of fused-ring (bicyclic) bond motifs is 1. The van der Waals surface area contributed by atoms with Crippen molar-refractivity contribution in [2.24, 2.45) is 0 Å². The van der Waals surface area contributed by atoms with Gasteiger partial charge in [-0.3, -0.25) is 4.79 Å². The summed E-state index contributed by atoms with van der Waals surface area (Å²) < 4.78 is 0. The Morgan fingerprint density at radius 2 is 2.20 bits per heavy atom. The molecular weight excluding hydrogens is 253 g/mol. The highest BCUT2D eigenvalue weighted by Gasteiger charge is 2.15. The molecule has 0 radical (unpaired) electrons. The highest BCUT2D eigenvalue weighted by atomic mass is 16.2. The van der Waals surface area contributed by atoms with Crippen molar-refractivity contribution in [3.05, 3.63) is 36.0 Å². The molecule has 2 rings (SSSR count). The molecule has 106 valence electrons. The minimum Gasteiger partial charge on any atom is -0.437 e. The van der Waals surface area contributed by atoms with E-state index in [-0.39, 0.29) is 11.9 Å². The van der Waals surface area contributed by atoms with Gasteiger partial charge < -0.3 is 20.6 Å². The summed E-state index contributed by atoms with van der Waals surface area (Å²) in [5, 5.41) is 16.3. The molecule has 2 aromatic rings. The highest BCUT2D eigenvalue weighted by Crippen LogP contribution is 2.18. The molecule has 1 unspecified atom stereocenters. The quantitative estimate of drug-likeness (QED) is 0.591. The number of aromatic amines is 1. The van der Waals surface area contributed by atoms with Crippen molar-refractivity contribution in [2.45, 2.75) is 26.2 Å². The van der Waals surface area contributed by atoms with Gasteiger partial charge in [-0.1, -0.05) is 18.2 Å². The van der Waals surface area contributed by atoms with Gasteiger partial charge >= 0.3 is 7.05 Å². The lowest BCUT2D eigenvalue weighted by molar-refractivity contribution is -0.119. The van der Waals surface area contributed by atoms with Gasteiger partial charge in [0.05, 0.1) is 0 Å². The minimum atomic E-state index is -0.589. The average Bonchev–Trinajstić information content (AvgIpc) is 2.79. The third kappa shape index (κ3) is 3.85. The van der Waals surface area contributed by atoms with Crippen molar-refractivity contribution in [3.63, 3.8) is 0 Å². The van der Waals surface area contributed by atoms with E-state index < -0.39 is 7.05 Å². The topological polar surface area (TPSA) is 77.2 Å². The Morgan fingerprint density at radius 1 is 1.45 bits per heavy atom. The monoisotopic (exact) mass is 273 g/mol. The van der Waals surface area contributed by atoms with Crippen LogP contribution in [0.25, 0.3) is 10.9 Å². The van der Waals surface area contributed by atoms with Gasteiger partial charge in [0.1, 0.15) is 0 Å². The number of nitrogens with one attached hydrogen (secondary N) is 3. The molecule has 0 aliphatic carbocycles. The average molecular weight is 273 g/mol. The number of aromatic nitrogens is 1. The second kappa shape index (κ2) is 6.59. The van der Waals surface area contributed by atoms with Crippen LogP contribution in [0.4, 0.5) is 0 Å². The van der Waals surface area contributed by atoms with Gasteiger partial charge in [0.25, 0.3) is 0 Å². The Hall–Kier alpha value is -1.79. The summed E-state index contributed by atoms with van der Waals surface area (Å²) in [6, 6.07) is 8.03. The molecule has 0 spiro atoms. The van der Waals surface area contributed by atoms with Crippen molar-refractivity contribution in [1.29, 1.82) is 0 Å². The fourth-order valence-electron chi connectivity index (χ4n) is 2.34. The smallest absolute Gasteiger partial charge is 0.373 e. The SMILES string of the molecule is CB(O)NCC(Cc1c[nH]c2ccccc12)NC(C)=O. The van der Waals surface area contributed by atoms with Crippen molar-refractivity contribution in [2.75, 3.05) is 6.54 Å². The maximum absolute atomic E-state index is 11.3. The maximum Gasteiger partial charge on any atom is 0.373 e. The predicted molar refractivity (Wildman–Crippen MR) is 81.4 cm³/mol. The highest BCUT2D eigenvalue weighted by molar-refractivity contribution is 6.45. The molecule has 1 amide bonds. The van der Waals surface area contributed by atoms with E-state index in [0.29, 0.717) is 13.0 Å². The minimum absolute atomic E-state index is 0.0543. The summed E-state index contributed by atoms with van der Waals surface area (Å²) in [7, 11) is -0.589. The molecule has 0 saturated carbocycles. The van der Waals surface area contributed by atoms with Crippen LogP contribution in [0.1, 0.15) is 12.5 Å². The summed E-state index contributed by atoms with van der Waals surface area (Å²) in [6.07, 6.45) is 2.69.